The lowest BCUT2D eigenvalue weighted by molar-refractivity contribution is 1.06. The van der Waals surface area contributed by atoms with E-state index in [1.807, 2.05) is 0 Å². The largest absolute Gasteiger partial charge is 0.355 e. The Bertz CT molecular complexity index is 821. The first-order valence-corrected chi connectivity index (χ1v) is 7.73. The lowest BCUT2D eigenvalue weighted by atomic mass is 9.87. The molecule has 2 nitrogen and oxygen atoms in total. The Balaban J connectivity index is 1.64. The van der Waals surface area contributed by atoms with Crippen LogP contribution in [0.2, 0.25) is 0 Å². The van der Waals surface area contributed by atoms with E-state index in [0.29, 0.717) is 0 Å². The van der Waals surface area contributed by atoms with E-state index in [-0.39, 0.29) is 0 Å². The van der Waals surface area contributed by atoms with Crippen LogP contribution in [0, 0.1) is 0 Å². The zero-order valence-electron chi connectivity index (χ0n) is 12.2. The minimum atomic E-state index is 1.01. The summed E-state index contributed by atoms with van der Waals surface area (Å²) in [5.74, 6) is 0. The molecule has 2 N–H and O–H groups in total. The van der Waals surface area contributed by atoms with E-state index in [4.69, 9.17) is 0 Å². The summed E-state index contributed by atoms with van der Waals surface area (Å²) in [6, 6.07) is 21.6. The van der Waals surface area contributed by atoms with Crippen LogP contribution in [-0.4, -0.2) is 0 Å². The van der Waals surface area contributed by atoms with Crippen molar-refractivity contribution >= 4 is 22.7 Å². The van der Waals surface area contributed by atoms with Crippen LogP contribution in [0.4, 0.5) is 22.7 Å². The van der Waals surface area contributed by atoms with Crippen molar-refractivity contribution < 1.29 is 0 Å². The SMILES string of the molecule is c1ccc2c(c1)Cc1c(ccc3c1Cc1ccccc1N3)N2. The van der Waals surface area contributed by atoms with Crippen LogP contribution in [0.15, 0.2) is 60.7 Å². The van der Waals surface area contributed by atoms with Gasteiger partial charge in [0.25, 0.3) is 0 Å². The normalized spacial score (nSPS) is 13.8. The Morgan fingerprint density at radius 2 is 0.955 bits per heavy atom. The van der Waals surface area contributed by atoms with Crippen LogP contribution >= 0.6 is 0 Å². The van der Waals surface area contributed by atoms with Gasteiger partial charge in [-0.3, -0.25) is 0 Å². The highest BCUT2D eigenvalue weighted by atomic mass is 14.9. The third-order valence-corrected chi connectivity index (χ3v) is 4.74. The van der Waals surface area contributed by atoms with E-state index in [1.54, 1.807) is 0 Å². The standard InChI is InChI=1S/C20H16N2/c1-3-7-17-13(5-1)11-15-16-12-14-6-2-4-8-18(14)22-20(16)10-9-19(15)21-17/h1-10,21-22H,11-12H2. The molecule has 0 radical (unpaired) electrons. The fourth-order valence-electron chi connectivity index (χ4n) is 3.59. The number of hydrogen-bond acceptors (Lipinski definition) is 2. The van der Waals surface area contributed by atoms with E-state index >= 15 is 0 Å². The van der Waals surface area contributed by atoms with Crippen molar-refractivity contribution in [3.8, 4) is 0 Å². The topological polar surface area (TPSA) is 24.1 Å². The molecule has 2 aliphatic heterocycles. The minimum absolute atomic E-state index is 1.01. The molecule has 0 atom stereocenters. The Kier molecular flexibility index (Phi) is 2.36. The first-order chi connectivity index (χ1) is 10.9. The van der Waals surface area contributed by atoms with Crippen LogP contribution in [-0.2, 0) is 12.8 Å². The van der Waals surface area contributed by atoms with Gasteiger partial charge < -0.3 is 10.6 Å². The predicted octanol–water partition coefficient (Wildman–Crippen LogP) is 4.98. The molecule has 0 unspecified atom stereocenters. The van der Waals surface area contributed by atoms with Crippen molar-refractivity contribution in [2.24, 2.45) is 0 Å². The number of nitrogens with one attached hydrogen (secondary N) is 2. The zero-order chi connectivity index (χ0) is 14.5. The van der Waals surface area contributed by atoms with Crippen molar-refractivity contribution in [2.45, 2.75) is 12.8 Å². The first-order valence-electron chi connectivity index (χ1n) is 7.73. The average Bonchev–Trinajstić information content (AvgIpc) is 2.58. The van der Waals surface area contributed by atoms with Crippen LogP contribution in [0.1, 0.15) is 22.3 Å². The monoisotopic (exact) mass is 284 g/mol. The van der Waals surface area contributed by atoms with Gasteiger partial charge in [-0.15, -0.1) is 0 Å². The zero-order valence-corrected chi connectivity index (χ0v) is 12.2. The van der Waals surface area contributed by atoms with E-state index in [9.17, 15) is 0 Å². The van der Waals surface area contributed by atoms with Gasteiger partial charge in [-0.2, -0.15) is 0 Å². The molecule has 3 aromatic rings. The maximum Gasteiger partial charge on any atom is 0.0424 e. The fourth-order valence-corrected chi connectivity index (χ4v) is 3.59. The van der Waals surface area contributed by atoms with Crippen LogP contribution in [0.25, 0.3) is 0 Å². The van der Waals surface area contributed by atoms with E-state index in [1.165, 1.54) is 45.0 Å². The van der Waals surface area contributed by atoms with Gasteiger partial charge in [-0.25, -0.2) is 0 Å². The molecule has 0 bridgehead atoms. The summed E-state index contributed by atoms with van der Waals surface area (Å²) in [6.07, 6.45) is 2.01. The molecule has 22 heavy (non-hydrogen) atoms. The highest BCUT2D eigenvalue weighted by Crippen LogP contribution is 2.41. The molecule has 0 aliphatic carbocycles. The van der Waals surface area contributed by atoms with Gasteiger partial charge in [-0.05, 0) is 46.5 Å². The lowest BCUT2D eigenvalue weighted by Gasteiger charge is -2.29. The Hall–Kier alpha value is -2.74. The lowest BCUT2D eigenvalue weighted by Crippen LogP contribution is -2.14. The third kappa shape index (κ3) is 1.67. The van der Waals surface area contributed by atoms with E-state index < -0.39 is 0 Å². The third-order valence-electron chi connectivity index (χ3n) is 4.74. The quantitative estimate of drug-likeness (QED) is 0.419. The number of hydrogen-bond donors (Lipinski definition) is 2. The van der Waals surface area contributed by atoms with Gasteiger partial charge in [0.2, 0.25) is 0 Å². The molecule has 2 heterocycles. The molecule has 0 saturated carbocycles. The van der Waals surface area contributed by atoms with Crippen LogP contribution in [0.3, 0.4) is 0 Å². The van der Waals surface area contributed by atoms with Crippen LogP contribution in [0.5, 0.6) is 0 Å². The molecule has 0 saturated heterocycles. The van der Waals surface area contributed by atoms with E-state index in [2.05, 4.69) is 71.3 Å². The summed E-state index contributed by atoms with van der Waals surface area (Å²) in [5, 5.41) is 7.17. The molecule has 106 valence electrons. The molecule has 5 rings (SSSR count). The summed E-state index contributed by atoms with van der Waals surface area (Å²) < 4.78 is 0. The second-order valence-corrected chi connectivity index (χ2v) is 6.04. The minimum Gasteiger partial charge on any atom is -0.355 e. The molecular formula is C20H16N2. The van der Waals surface area contributed by atoms with Crippen molar-refractivity contribution in [3.63, 3.8) is 0 Å². The van der Waals surface area contributed by atoms with Gasteiger partial charge in [-0.1, -0.05) is 36.4 Å². The first kappa shape index (κ1) is 11.9. The summed E-state index contributed by atoms with van der Waals surface area (Å²) in [6.45, 7) is 0. The maximum absolute atomic E-state index is 3.59. The Morgan fingerprint density at radius 1 is 0.500 bits per heavy atom. The number of rotatable bonds is 0. The molecule has 0 fully saturated rings. The number of anilines is 4. The van der Waals surface area contributed by atoms with Crippen molar-refractivity contribution in [1.82, 2.24) is 0 Å². The van der Waals surface area contributed by atoms with Gasteiger partial charge in [0.1, 0.15) is 0 Å². The average molecular weight is 284 g/mol. The summed E-state index contributed by atoms with van der Waals surface area (Å²) in [4.78, 5) is 0. The van der Waals surface area contributed by atoms with Gasteiger partial charge in [0.05, 0.1) is 0 Å². The summed E-state index contributed by atoms with van der Waals surface area (Å²) in [5.41, 5.74) is 10.6. The second kappa shape index (κ2) is 4.38. The molecular weight excluding hydrogens is 268 g/mol. The Labute approximate surface area is 129 Å². The molecule has 2 aliphatic rings. The number of benzene rings is 3. The molecule has 0 amide bonds. The highest BCUT2D eigenvalue weighted by molar-refractivity contribution is 5.81. The summed E-state index contributed by atoms with van der Waals surface area (Å²) >= 11 is 0. The molecule has 3 aromatic carbocycles. The summed E-state index contributed by atoms with van der Waals surface area (Å²) in [7, 11) is 0. The molecule has 0 spiro atoms. The van der Waals surface area contributed by atoms with Gasteiger partial charge >= 0.3 is 0 Å². The van der Waals surface area contributed by atoms with Crippen LogP contribution < -0.4 is 10.6 Å². The second-order valence-electron chi connectivity index (χ2n) is 6.04. The maximum atomic E-state index is 3.59. The highest BCUT2D eigenvalue weighted by Gasteiger charge is 2.23. The van der Waals surface area contributed by atoms with Crippen molar-refractivity contribution in [2.75, 3.05) is 10.6 Å². The van der Waals surface area contributed by atoms with E-state index in [0.717, 1.165) is 12.8 Å². The number of fused-ring (bicyclic) bond motifs is 5. The van der Waals surface area contributed by atoms with Crippen molar-refractivity contribution in [3.05, 3.63) is 82.9 Å². The number of para-hydroxylation sites is 2. The molecule has 2 heteroatoms. The predicted molar refractivity (Wildman–Crippen MR) is 91.5 cm³/mol. The smallest absolute Gasteiger partial charge is 0.0424 e. The fraction of sp³-hybridized carbons (Fsp3) is 0.100. The van der Waals surface area contributed by atoms with Gasteiger partial charge in [0, 0.05) is 35.6 Å². The van der Waals surface area contributed by atoms with Gasteiger partial charge in [0.15, 0.2) is 0 Å². The molecule has 0 aromatic heterocycles. The van der Waals surface area contributed by atoms with Crippen molar-refractivity contribution in [1.29, 1.82) is 0 Å². The Morgan fingerprint density at radius 3 is 1.45 bits per heavy atom.